The molecule has 55 heavy (non-hydrogen) atoms. The van der Waals surface area contributed by atoms with E-state index < -0.39 is 0 Å². The molecule has 260 valence electrons. The molecule has 3 aromatic heterocycles. The second kappa shape index (κ2) is 13.8. The third-order valence-corrected chi connectivity index (χ3v) is 10.2. The minimum Gasteiger partial charge on any atom is -0.453 e. The van der Waals surface area contributed by atoms with E-state index in [2.05, 4.69) is 190 Å². The predicted octanol–water partition coefficient (Wildman–Crippen LogP) is 13.8. The average Bonchev–Trinajstić information content (AvgIpc) is 3.67. The molecule has 0 saturated heterocycles. The Hall–Kier alpha value is -7.50. The number of aromatic nitrogens is 2. The summed E-state index contributed by atoms with van der Waals surface area (Å²) in [6, 6.07) is 63.8. The van der Waals surface area contributed by atoms with Gasteiger partial charge in [-0.3, -0.25) is 9.97 Å². The van der Waals surface area contributed by atoms with Crippen LogP contribution in [0.15, 0.2) is 211 Å². The topological polar surface area (TPSA) is 45.4 Å². The molecule has 0 spiro atoms. The van der Waals surface area contributed by atoms with Crippen LogP contribution in [0.4, 0.5) is 34.1 Å². The van der Waals surface area contributed by atoms with Gasteiger partial charge in [0.25, 0.3) is 0 Å². The number of para-hydroxylation sites is 2. The molecule has 0 fully saturated rings. The van der Waals surface area contributed by atoms with E-state index >= 15 is 0 Å². The van der Waals surface area contributed by atoms with Gasteiger partial charge in [-0.15, -0.1) is 0 Å². The third-order valence-electron chi connectivity index (χ3n) is 10.2. The Kier molecular flexibility index (Phi) is 8.08. The van der Waals surface area contributed by atoms with Crippen LogP contribution >= 0.6 is 0 Å². The highest BCUT2D eigenvalue weighted by Gasteiger charge is 2.26. The van der Waals surface area contributed by atoms with Gasteiger partial charge in [0, 0.05) is 58.3 Å². The van der Waals surface area contributed by atoms with Crippen molar-refractivity contribution in [1.82, 2.24) is 9.97 Å². The highest BCUT2D eigenvalue weighted by Crippen LogP contribution is 2.49. The number of rotatable bonds is 8. The molecule has 5 heteroatoms. The van der Waals surface area contributed by atoms with Gasteiger partial charge in [-0.25, -0.2) is 0 Å². The van der Waals surface area contributed by atoms with Crippen LogP contribution in [0.1, 0.15) is 0 Å². The van der Waals surface area contributed by atoms with Gasteiger partial charge in [-0.2, -0.15) is 0 Å². The molecule has 0 aliphatic rings. The smallest absolute Gasteiger partial charge is 0.161 e. The van der Waals surface area contributed by atoms with E-state index in [9.17, 15) is 0 Å². The predicted molar refractivity (Wildman–Crippen MR) is 227 cm³/mol. The largest absolute Gasteiger partial charge is 0.453 e. The van der Waals surface area contributed by atoms with Gasteiger partial charge in [-0.1, -0.05) is 103 Å². The summed E-state index contributed by atoms with van der Waals surface area (Å²) in [5, 5.41) is 4.30. The zero-order chi connectivity index (χ0) is 36.6. The maximum atomic E-state index is 7.17. The molecule has 0 radical (unpaired) electrons. The van der Waals surface area contributed by atoms with Crippen molar-refractivity contribution in [2.75, 3.05) is 9.80 Å². The number of benzene rings is 7. The molecule has 10 rings (SSSR count). The third kappa shape index (κ3) is 5.85. The normalized spacial score (nSPS) is 11.3. The molecule has 0 aliphatic carbocycles. The Morgan fingerprint density at radius 3 is 1.42 bits per heavy atom. The Bertz CT molecular complexity index is 2890. The maximum Gasteiger partial charge on any atom is 0.161 e. The summed E-state index contributed by atoms with van der Waals surface area (Å²) in [6.07, 6.45) is 7.41. The molecule has 0 aliphatic heterocycles. The first kappa shape index (κ1) is 32.2. The second-order valence-electron chi connectivity index (χ2n) is 13.5. The average molecular weight is 707 g/mol. The Balaban J connectivity index is 1.22. The minimum absolute atomic E-state index is 0.803. The number of nitrogens with zero attached hydrogens (tertiary/aromatic N) is 4. The van der Waals surface area contributed by atoms with Gasteiger partial charge in [0.1, 0.15) is 5.58 Å². The minimum atomic E-state index is 0.803. The molecule has 0 saturated carbocycles. The SMILES string of the molecule is c1ccc(N(c2ccc(-c3cccnc3)cc2)c2ccc(N(c3ccccc3)c3ccc(-c4cccnc4)cc3)c3c2oc2c4ccccc4ccc23)cc1. The van der Waals surface area contributed by atoms with Crippen LogP contribution in [0.25, 0.3) is 55.0 Å². The van der Waals surface area contributed by atoms with E-state index in [1.165, 1.54) is 0 Å². The number of fused-ring (bicyclic) bond motifs is 5. The van der Waals surface area contributed by atoms with E-state index in [-0.39, 0.29) is 0 Å². The number of hydrogen-bond acceptors (Lipinski definition) is 5. The quantitative estimate of drug-likeness (QED) is 0.157. The molecule has 0 atom stereocenters. The summed E-state index contributed by atoms with van der Waals surface area (Å²) >= 11 is 0. The summed E-state index contributed by atoms with van der Waals surface area (Å²) in [7, 11) is 0. The van der Waals surface area contributed by atoms with Crippen LogP contribution in [0.3, 0.4) is 0 Å². The van der Waals surface area contributed by atoms with Crippen molar-refractivity contribution >= 4 is 66.8 Å². The Morgan fingerprint density at radius 1 is 0.345 bits per heavy atom. The number of hydrogen-bond donors (Lipinski definition) is 0. The summed E-state index contributed by atoms with van der Waals surface area (Å²) < 4.78 is 7.17. The first-order valence-corrected chi connectivity index (χ1v) is 18.4. The highest BCUT2D eigenvalue weighted by molar-refractivity contribution is 6.22. The van der Waals surface area contributed by atoms with Crippen molar-refractivity contribution in [1.29, 1.82) is 0 Å². The van der Waals surface area contributed by atoms with Crippen LogP contribution in [-0.2, 0) is 0 Å². The lowest BCUT2D eigenvalue weighted by Gasteiger charge is -2.29. The summed E-state index contributed by atoms with van der Waals surface area (Å²) in [5.74, 6) is 0. The second-order valence-corrected chi connectivity index (χ2v) is 13.5. The van der Waals surface area contributed by atoms with Gasteiger partial charge in [0.05, 0.1) is 16.8 Å². The molecule has 7 aromatic carbocycles. The van der Waals surface area contributed by atoms with E-state index in [0.29, 0.717) is 0 Å². The van der Waals surface area contributed by atoms with E-state index in [0.717, 1.165) is 89.1 Å². The fourth-order valence-electron chi connectivity index (χ4n) is 7.62. The summed E-state index contributed by atoms with van der Waals surface area (Å²) in [6.45, 7) is 0. The standard InChI is InChI=1S/C50H34N4O/c1-3-14-40(15-4-1)53(42-24-19-35(20-25-42)38-12-9-31-51-33-38)46-29-30-47(50-48(46)45-28-23-37-11-7-8-18-44(37)49(45)55-50)54(41-16-5-2-6-17-41)43-26-21-36(22-27-43)39-13-10-32-52-34-39/h1-34H. The zero-order valence-corrected chi connectivity index (χ0v) is 29.8. The highest BCUT2D eigenvalue weighted by atomic mass is 16.3. The lowest BCUT2D eigenvalue weighted by atomic mass is 10.0. The van der Waals surface area contributed by atoms with Crippen LogP contribution < -0.4 is 9.80 Å². The van der Waals surface area contributed by atoms with E-state index in [4.69, 9.17) is 4.42 Å². The summed E-state index contributed by atoms with van der Waals surface area (Å²) in [5.41, 5.74) is 12.1. The maximum absolute atomic E-state index is 7.17. The molecule has 0 amide bonds. The van der Waals surface area contributed by atoms with Crippen molar-refractivity contribution < 1.29 is 4.42 Å². The lowest BCUT2D eigenvalue weighted by molar-refractivity contribution is 0.673. The van der Waals surface area contributed by atoms with Crippen molar-refractivity contribution in [3.63, 3.8) is 0 Å². The molecule has 10 aromatic rings. The van der Waals surface area contributed by atoms with Gasteiger partial charge in [0.2, 0.25) is 0 Å². The van der Waals surface area contributed by atoms with Crippen LogP contribution in [-0.4, -0.2) is 9.97 Å². The first-order valence-electron chi connectivity index (χ1n) is 18.4. The fraction of sp³-hybridized carbons (Fsp3) is 0. The number of furan rings is 1. The van der Waals surface area contributed by atoms with E-state index in [1.807, 2.05) is 24.5 Å². The Labute approximate surface area is 319 Å². The molecule has 0 N–H and O–H groups in total. The molecule has 5 nitrogen and oxygen atoms in total. The monoisotopic (exact) mass is 706 g/mol. The van der Waals surface area contributed by atoms with Gasteiger partial charge >= 0.3 is 0 Å². The van der Waals surface area contributed by atoms with Crippen LogP contribution in [0.2, 0.25) is 0 Å². The van der Waals surface area contributed by atoms with Crippen molar-refractivity contribution in [2.45, 2.75) is 0 Å². The number of pyridine rings is 2. The Morgan fingerprint density at radius 2 is 0.855 bits per heavy atom. The molecule has 3 heterocycles. The van der Waals surface area contributed by atoms with E-state index in [1.54, 1.807) is 12.4 Å². The van der Waals surface area contributed by atoms with Crippen LogP contribution in [0.5, 0.6) is 0 Å². The molecular weight excluding hydrogens is 673 g/mol. The molecular formula is C50H34N4O. The molecule has 0 bridgehead atoms. The van der Waals surface area contributed by atoms with Crippen molar-refractivity contribution in [3.05, 3.63) is 207 Å². The first-order chi connectivity index (χ1) is 27.3. The lowest BCUT2D eigenvalue weighted by Crippen LogP contribution is -2.13. The van der Waals surface area contributed by atoms with Gasteiger partial charge < -0.3 is 14.2 Å². The van der Waals surface area contributed by atoms with Gasteiger partial charge in [-0.05, 0) is 107 Å². The number of anilines is 6. The van der Waals surface area contributed by atoms with Crippen molar-refractivity contribution in [2.24, 2.45) is 0 Å². The van der Waals surface area contributed by atoms with Crippen LogP contribution in [0, 0.1) is 0 Å². The van der Waals surface area contributed by atoms with Crippen molar-refractivity contribution in [3.8, 4) is 22.3 Å². The summed E-state index contributed by atoms with van der Waals surface area (Å²) in [4.78, 5) is 13.3. The fourth-order valence-corrected chi connectivity index (χ4v) is 7.62. The van der Waals surface area contributed by atoms with Gasteiger partial charge in [0.15, 0.2) is 5.58 Å². The molecule has 0 unspecified atom stereocenters. The zero-order valence-electron chi connectivity index (χ0n) is 29.8.